The highest BCUT2D eigenvalue weighted by molar-refractivity contribution is 9.10. The van der Waals surface area contributed by atoms with Crippen LogP contribution in [-0.4, -0.2) is 32.7 Å². The number of aromatic nitrogens is 3. The van der Waals surface area contributed by atoms with Gasteiger partial charge in [-0.2, -0.15) is 0 Å². The van der Waals surface area contributed by atoms with Crippen molar-refractivity contribution in [2.75, 3.05) is 12.4 Å². The molecule has 1 amide bonds. The first-order chi connectivity index (χ1) is 12.4. The number of carbonyl (C=O) groups excluding carboxylic acids is 1. The monoisotopic (exact) mass is 419 g/mol. The molecule has 0 saturated carbocycles. The van der Waals surface area contributed by atoms with E-state index in [1.165, 1.54) is 18.0 Å². The zero-order valence-corrected chi connectivity index (χ0v) is 15.4. The van der Waals surface area contributed by atoms with Crippen LogP contribution in [0, 0.1) is 10.1 Å². The number of anilines is 1. The molecule has 2 aromatic heterocycles. The van der Waals surface area contributed by atoms with Crippen LogP contribution in [0.2, 0.25) is 0 Å². The highest BCUT2D eigenvalue weighted by Gasteiger charge is 2.25. The quantitative estimate of drug-likeness (QED) is 0.501. The SMILES string of the molecule is COc1nn(C(C)C(=O)Nc2ccc(Br)c3cccnc23)cc1[N+](=O)[O-]. The minimum absolute atomic E-state index is 0.148. The number of methoxy groups -OCH3 is 1. The zero-order chi connectivity index (χ0) is 18.8. The number of nitro groups is 1. The van der Waals surface area contributed by atoms with Gasteiger partial charge in [0.1, 0.15) is 12.2 Å². The van der Waals surface area contributed by atoms with Crippen LogP contribution in [0.5, 0.6) is 5.88 Å². The molecule has 0 aliphatic rings. The van der Waals surface area contributed by atoms with Gasteiger partial charge in [0.15, 0.2) is 0 Å². The average molecular weight is 420 g/mol. The minimum Gasteiger partial charge on any atom is -0.475 e. The number of benzene rings is 1. The van der Waals surface area contributed by atoms with E-state index in [1.54, 1.807) is 25.3 Å². The van der Waals surface area contributed by atoms with Crippen molar-refractivity contribution >= 4 is 44.1 Å². The third kappa shape index (κ3) is 3.23. The molecule has 1 aromatic carbocycles. The molecule has 0 saturated heterocycles. The lowest BCUT2D eigenvalue weighted by molar-refractivity contribution is -0.385. The fraction of sp³-hybridized carbons (Fsp3) is 0.188. The van der Waals surface area contributed by atoms with Gasteiger partial charge in [0.05, 0.1) is 23.2 Å². The molecule has 0 aliphatic carbocycles. The Bertz CT molecular complexity index is 1000. The second-order valence-electron chi connectivity index (χ2n) is 5.42. The highest BCUT2D eigenvalue weighted by Crippen LogP contribution is 2.30. The van der Waals surface area contributed by atoms with Gasteiger partial charge in [-0.15, -0.1) is 5.10 Å². The van der Waals surface area contributed by atoms with E-state index in [2.05, 4.69) is 31.3 Å². The second kappa shape index (κ2) is 7.08. The number of hydrogen-bond donors (Lipinski definition) is 1. The summed E-state index contributed by atoms with van der Waals surface area (Å²) >= 11 is 3.45. The number of fused-ring (bicyclic) bond motifs is 1. The summed E-state index contributed by atoms with van der Waals surface area (Å²) in [5, 5.41) is 18.6. The number of pyridine rings is 1. The number of ether oxygens (including phenoxy) is 1. The third-order valence-corrected chi connectivity index (χ3v) is 4.51. The molecule has 0 spiro atoms. The third-order valence-electron chi connectivity index (χ3n) is 3.82. The van der Waals surface area contributed by atoms with Gasteiger partial charge in [-0.05, 0) is 25.1 Å². The van der Waals surface area contributed by atoms with E-state index in [1.807, 2.05) is 12.1 Å². The largest absolute Gasteiger partial charge is 0.475 e. The van der Waals surface area contributed by atoms with E-state index in [0.717, 1.165) is 9.86 Å². The number of amides is 1. The Morgan fingerprint density at radius 1 is 1.42 bits per heavy atom. The van der Waals surface area contributed by atoms with Crippen LogP contribution >= 0.6 is 15.9 Å². The molecular formula is C16H14BrN5O4. The van der Waals surface area contributed by atoms with Crippen molar-refractivity contribution in [1.82, 2.24) is 14.8 Å². The molecule has 2 heterocycles. The molecule has 1 unspecified atom stereocenters. The molecule has 9 nitrogen and oxygen atoms in total. The minimum atomic E-state index is -0.792. The average Bonchev–Trinajstić information content (AvgIpc) is 3.08. The number of hydrogen-bond acceptors (Lipinski definition) is 6. The van der Waals surface area contributed by atoms with Crippen molar-refractivity contribution < 1.29 is 14.5 Å². The second-order valence-corrected chi connectivity index (χ2v) is 6.27. The number of carbonyl (C=O) groups is 1. The lowest BCUT2D eigenvalue weighted by Gasteiger charge is -2.14. The molecule has 26 heavy (non-hydrogen) atoms. The van der Waals surface area contributed by atoms with Crippen LogP contribution in [0.1, 0.15) is 13.0 Å². The Balaban J connectivity index is 1.89. The van der Waals surface area contributed by atoms with Crippen molar-refractivity contribution in [3.8, 4) is 5.88 Å². The Kier molecular flexibility index (Phi) is 4.85. The predicted molar refractivity (Wildman–Crippen MR) is 98.2 cm³/mol. The van der Waals surface area contributed by atoms with E-state index >= 15 is 0 Å². The van der Waals surface area contributed by atoms with Crippen LogP contribution in [0.25, 0.3) is 10.9 Å². The lowest BCUT2D eigenvalue weighted by Crippen LogP contribution is -2.24. The molecule has 1 N–H and O–H groups in total. The maximum Gasteiger partial charge on any atom is 0.350 e. The molecule has 134 valence electrons. The summed E-state index contributed by atoms with van der Waals surface area (Å²) in [7, 11) is 1.28. The van der Waals surface area contributed by atoms with Gasteiger partial charge in [0.2, 0.25) is 5.91 Å². The Morgan fingerprint density at radius 3 is 2.85 bits per heavy atom. The summed E-state index contributed by atoms with van der Waals surface area (Å²) in [6.45, 7) is 1.58. The highest BCUT2D eigenvalue weighted by atomic mass is 79.9. The van der Waals surface area contributed by atoms with Crippen LogP contribution < -0.4 is 10.1 Å². The molecule has 3 aromatic rings. The molecule has 0 fully saturated rings. The van der Waals surface area contributed by atoms with Crippen molar-refractivity contribution in [3.05, 3.63) is 51.2 Å². The van der Waals surface area contributed by atoms with Gasteiger partial charge >= 0.3 is 11.6 Å². The molecule has 10 heteroatoms. The molecular weight excluding hydrogens is 406 g/mol. The Labute approximate surface area is 156 Å². The van der Waals surface area contributed by atoms with Gasteiger partial charge in [-0.25, -0.2) is 4.68 Å². The number of nitrogens with zero attached hydrogens (tertiary/aromatic N) is 4. The zero-order valence-electron chi connectivity index (χ0n) is 13.8. The summed E-state index contributed by atoms with van der Waals surface area (Å²) in [5.41, 5.74) is 0.864. The van der Waals surface area contributed by atoms with Gasteiger partial charge in [0.25, 0.3) is 0 Å². The van der Waals surface area contributed by atoms with Gasteiger partial charge < -0.3 is 10.1 Å². The first kappa shape index (κ1) is 17.8. The maximum absolute atomic E-state index is 12.6. The lowest BCUT2D eigenvalue weighted by atomic mass is 10.2. The van der Waals surface area contributed by atoms with E-state index in [-0.39, 0.29) is 17.5 Å². The van der Waals surface area contributed by atoms with Crippen molar-refractivity contribution in [2.45, 2.75) is 13.0 Å². The molecule has 0 radical (unpaired) electrons. The summed E-state index contributed by atoms with van der Waals surface area (Å²) < 4.78 is 6.94. The number of nitrogens with one attached hydrogen (secondary N) is 1. The van der Waals surface area contributed by atoms with Crippen molar-refractivity contribution in [1.29, 1.82) is 0 Å². The van der Waals surface area contributed by atoms with Crippen LogP contribution in [-0.2, 0) is 4.79 Å². The summed E-state index contributed by atoms with van der Waals surface area (Å²) in [6.07, 6.45) is 2.80. The Morgan fingerprint density at radius 2 is 2.19 bits per heavy atom. The van der Waals surface area contributed by atoms with Gasteiger partial charge in [-0.3, -0.25) is 19.9 Å². The number of rotatable bonds is 5. The smallest absolute Gasteiger partial charge is 0.350 e. The van der Waals surface area contributed by atoms with Crippen molar-refractivity contribution in [3.63, 3.8) is 0 Å². The van der Waals surface area contributed by atoms with Gasteiger partial charge in [-0.1, -0.05) is 22.0 Å². The fourth-order valence-electron chi connectivity index (χ4n) is 2.43. The first-order valence-corrected chi connectivity index (χ1v) is 8.33. The normalized spacial score (nSPS) is 12.0. The maximum atomic E-state index is 12.6. The van der Waals surface area contributed by atoms with Crippen LogP contribution in [0.3, 0.4) is 0 Å². The van der Waals surface area contributed by atoms with Crippen molar-refractivity contribution in [2.24, 2.45) is 0 Å². The molecule has 1 atom stereocenters. The standard InChI is InChI=1S/C16H14BrN5O4/c1-9(21-8-13(22(24)25)16(20-21)26-2)15(23)19-12-6-5-11(17)10-4-3-7-18-14(10)12/h3-9H,1-2H3,(H,19,23). The van der Waals surface area contributed by atoms with Crippen LogP contribution in [0.4, 0.5) is 11.4 Å². The number of halogens is 1. The first-order valence-electron chi connectivity index (χ1n) is 7.54. The Hall–Kier alpha value is -3.01. The topological polar surface area (TPSA) is 112 Å². The van der Waals surface area contributed by atoms with E-state index in [0.29, 0.717) is 11.2 Å². The summed E-state index contributed by atoms with van der Waals surface area (Å²) in [4.78, 5) is 27.3. The fourth-order valence-corrected chi connectivity index (χ4v) is 2.88. The molecule has 0 aliphatic heterocycles. The van der Waals surface area contributed by atoms with Crippen LogP contribution in [0.15, 0.2) is 41.1 Å². The molecule has 0 bridgehead atoms. The van der Waals surface area contributed by atoms with E-state index in [4.69, 9.17) is 4.74 Å². The molecule has 3 rings (SSSR count). The summed E-state index contributed by atoms with van der Waals surface area (Å²) in [6, 6.07) is 6.44. The van der Waals surface area contributed by atoms with E-state index < -0.39 is 11.0 Å². The van der Waals surface area contributed by atoms with Gasteiger partial charge in [0, 0.05) is 16.1 Å². The van der Waals surface area contributed by atoms with E-state index in [9.17, 15) is 14.9 Å². The summed E-state index contributed by atoms with van der Waals surface area (Å²) in [5.74, 6) is -0.537. The predicted octanol–water partition coefficient (Wildman–Crippen LogP) is 3.31.